The standard InChI is InChI=1S/C24H40O5/c1-13(4-7-21(28)29)16-5-6-17-22-18(12-20(27)24(16,17)3)23(2)9-8-15(25)10-14(23)11-19(22)26/h13-20,22,25-27H,4-12H2,1-3H3,(H,28,29)/t13-,14+,15-,16?,17?,18?,19+,20-,22-,23?,24?/m1/s1. The van der Waals surface area contributed by atoms with Crippen molar-refractivity contribution in [2.75, 3.05) is 0 Å². The largest absolute Gasteiger partial charge is 0.481 e. The lowest BCUT2D eigenvalue weighted by Crippen LogP contribution is -2.62. The lowest BCUT2D eigenvalue weighted by atomic mass is 9.43. The van der Waals surface area contributed by atoms with Crippen LogP contribution in [-0.4, -0.2) is 44.7 Å². The van der Waals surface area contributed by atoms with Crippen LogP contribution < -0.4 is 0 Å². The first-order valence-corrected chi connectivity index (χ1v) is 11.8. The van der Waals surface area contributed by atoms with Crippen molar-refractivity contribution in [1.82, 2.24) is 0 Å². The third-order valence-electron chi connectivity index (χ3n) is 10.3. The van der Waals surface area contributed by atoms with Crippen molar-refractivity contribution in [3.8, 4) is 0 Å². The molecule has 4 N–H and O–H groups in total. The molecule has 4 aliphatic rings. The summed E-state index contributed by atoms with van der Waals surface area (Å²) in [7, 11) is 0. The zero-order valence-corrected chi connectivity index (χ0v) is 18.3. The molecule has 4 rings (SSSR count). The first-order chi connectivity index (χ1) is 13.6. The minimum absolute atomic E-state index is 0.0957. The lowest BCUT2D eigenvalue weighted by Gasteiger charge is -2.63. The van der Waals surface area contributed by atoms with E-state index >= 15 is 0 Å². The molecule has 5 nitrogen and oxygen atoms in total. The van der Waals surface area contributed by atoms with Crippen LogP contribution in [0.2, 0.25) is 0 Å². The van der Waals surface area contributed by atoms with Gasteiger partial charge < -0.3 is 20.4 Å². The summed E-state index contributed by atoms with van der Waals surface area (Å²) in [6.45, 7) is 6.72. The second-order valence-electron chi connectivity index (χ2n) is 11.4. The van der Waals surface area contributed by atoms with Gasteiger partial charge in [-0.25, -0.2) is 0 Å². The van der Waals surface area contributed by atoms with Crippen LogP contribution in [0.5, 0.6) is 0 Å². The van der Waals surface area contributed by atoms with Crippen molar-refractivity contribution in [2.24, 2.45) is 46.3 Å². The molecule has 4 saturated carbocycles. The monoisotopic (exact) mass is 408 g/mol. The van der Waals surface area contributed by atoms with Crippen LogP contribution in [0.3, 0.4) is 0 Å². The highest BCUT2D eigenvalue weighted by Crippen LogP contribution is 2.68. The Morgan fingerprint density at radius 2 is 1.76 bits per heavy atom. The average molecular weight is 409 g/mol. The summed E-state index contributed by atoms with van der Waals surface area (Å²) in [4.78, 5) is 11.1. The van der Waals surface area contributed by atoms with Gasteiger partial charge in [-0.3, -0.25) is 4.79 Å². The van der Waals surface area contributed by atoms with Gasteiger partial charge in [0.2, 0.25) is 0 Å². The molecule has 5 heteroatoms. The molecule has 0 bridgehead atoms. The quantitative estimate of drug-likeness (QED) is 0.571. The van der Waals surface area contributed by atoms with E-state index in [9.17, 15) is 20.1 Å². The molecule has 11 atom stereocenters. The molecule has 0 heterocycles. The summed E-state index contributed by atoms with van der Waals surface area (Å²) in [6.07, 6.45) is 6.00. The van der Waals surface area contributed by atoms with Gasteiger partial charge in [-0.2, -0.15) is 0 Å². The van der Waals surface area contributed by atoms with Gasteiger partial charge in [0.25, 0.3) is 0 Å². The minimum Gasteiger partial charge on any atom is -0.481 e. The third-order valence-corrected chi connectivity index (χ3v) is 10.3. The molecule has 0 amide bonds. The van der Waals surface area contributed by atoms with Crippen LogP contribution >= 0.6 is 0 Å². The average Bonchev–Trinajstić information content (AvgIpc) is 3.01. The van der Waals surface area contributed by atoms with E-state index in [0.29, 0.717) is 30.1 Å². The first-order valence-electron chi connectivity index (χ1n) is 11.8. The van der Waals surface area contributed by atoms with E-state index in [4.69, 9.17) is 5.11 Å². The molecular weight excluding hydrogens is 368 g/mol. The Morgan fingerprint density at radius 3 is 2.45 bits per heavy atom. The Bertz CT molecular complexity index is 637. The molecule has 0 radical (unpaired) electrons. The number of carboxylic acids is 1. The number of aliphatic hydroxyl groups is 3. The van der Waals surface area contributed by atoms with Crippen LogP contribution in [0.25, 0.3) is 0 Å². The predicted molar refractivity (Wildman–Crippen MR) is 110 cm³/mol. The van der Waals surface area contributed by atoms with Crippen LogP contribution in [0.1, 0.15) is 78.6 Å². The normalized spacial score (nSPS) is 52.9. The van der Waals surface area contributed by atoms with Crippen molar-refractivity contribution in [3.63, 3.8) is 0 Å². The molecule has 4 fully saturated rings. The number of fused-ring (bicyclic) bond motifs is 5. The van der Waals surface area contributed by atoms with E-state index in [1.165, 1.54) is 0 Å². The Morgan fingerprint density at radius 1 is 1.03 bits per heavy atom. The van der Waals surface area contributed by atoms with Gasteiger partial charge in [0.15, 0.2) is 0 Å². The number of rotatable bonds is 4. The molecule has 0 spiro atoms. The van der Waals surface area contributed by atoms with E-state index in [0.717, 1.165) is 44.9 Å². The van der Waals surface area contributed by atoms with Crippen molar-refractivity contribution >= 4 is 5.97 Å². The summed E-state index contributed by atoms with van der Waals surface area (Å²) >= 11 is 0. The van der Waals surface area contributed by atoms with Crippen LogP contribution in [0.4, 0.5) is 0 Å². The Balaban J connectivity index is 1.61. The molecule has 29 heavy (non-hydrogen) atoms. The summed E-state index contributed by atoms with van der Waals surface area (Å²) in [5.41, 5.74) is -0.143. The van der Waals surface area contributed by atoms with E-state index < -0.39 is 12.1 Å². The molecule has 0 aliphatic heterocycles. The SMILES string of the molecule is C[C@H](CCC(=O)O)C1CCC2[C@@H]3C(C[C@@H](O)C21C)C1(C)CC[C@@H](O)C[C@H]1C[C@@H]3O. The number of aliphatic hydroxyl groups excluding tert-OH is 3. The maximum Gasteiger partial charge on any atom is 0.303 e. The van der Waals surface area contributed by atoms with Crippen molar-refractivity contribution in [1.29, 1.82) is 0 Å². The zero-order chi connectivity index (χ0) is 21.1. The topological polar surface area (TPSA) is 98.0 Å². The lowest BCUT2D eigenvalue weighted by molar-refractivity contribution is -0.207. The van der Waals surface area contributed by atoms with Gasteiger partial charge in [0, 0.05) is 6.42 Å². The first kappa shape index (κ1) is 21.6. The molecule has 0 aromatic heterocycles. The highest BCUT2D eigenvalue weighted by molar-refractivity contribution is 5.66. The summed E-state index contributed by atoms with van der Waals surface area (Å²) in [6, 6.07) is 0. The smallest absolute Gasteiger partial charge is 0.303 e. The van der Waals surface area contributed by atoms with Crippen molar-refractivity contribution in [3.05, 3.63) is 0 Å². The highest BCUT2D eigenvalue weighted by atomic mass is 16.4. The second kappa shape index (κ2) is 7.49. The number of aliphatic carboxylic acids is 1. The van der Waals surface area contributed by atoms with Crippen LogP contribution in [0, 0.1) is 46.3 Å². The Labute approximate surface area is 174 Å². The van der Waals surface area contributed by atoms with Gasteiger partial charge >= 0.3 is 5.97 Å². The molecule has 0 saturated heterocycles. The van der Waals surface area contributed by atoms with E-state index in [1.807, 2.05) is 0 Å². The molecule has 0 aromatic carbocycles. The van der Waals surface area contributed by atoms with E-state index in [1.54, 1.807) is 0 Å². The van der Waals surface area contributed by atoms with Crippen LogP contribution in [0.15, 0.2) is 0 Å². The number of hydrogen-bond donors (Lipinski definition) is 4. The molecule has 4 aliphatic carbocycles. The van der Waals surface area contributed by atoms with Crippen LogP contribution in [-0.2, 0) is 4.79 Å². The van der Waals surface area contributed by atoms with E-state index in [-0.39, 0.29) is 41.3 Å². The predicted octanol–water partition coefficient (Wildman–Crippen LogP) is 3.45. The second-order valence-corrected chi connectivity index (χ2v) is 11.4. The molecule has 166 valence electrons. The third kappa shape index (κ3) is 3.27. The van der Waals surface area contributed by atoms with Gasteiger partial charge in [-0.05, 0) is 97.7 Å². The van der Waals surface area contributed by atoms with Gasteiger partial charge in [-0.1, -0.05) is 20.8 Å². The summed E-state index contributed by atoms with van der Waals surface area (Å²) in [5, 5.41) is 42.0. The number of hydrogen-bond acceptors (Lipinski definition) is 4. The zero-order valence-electron chi connectivity index (χ0n) is 18.3. The highest BCUT2D eigenvalue weighted by Gasteiger charge is 2.65. The number of carboxylic acid groups (broad SMARTS) is 1. The van der Waals surface area contributed by atoms with Gasteiger partial charge in [-0.15, -0.1) is 0 Å². The van der Waals surface area contributed by atoms with E-state index in [2.05, 4.69) is 20.8 Å². The Hall–Kier alpha value is -0.650. The summed E-state index contributed by atoms with van der Waals surface area (Å²) < 4.78 is 0. The fourth-order valence-electron chi connectivity index (χ4n) is 8.68. The maximum absolute atomic E-state index is 11.5. The van der Waals surface area contributed by atoms with Crippen molar-refractivity contribution < 1.29 is 25.2 Å². The molecule has 0 aromatic rings. The van der Waals surface area contributed by atoms with Gasteiger partial charge in [0.1, 0.15) is 0 Å². The fourth-order valence-corrected chi connectivity index (χ4v) is 8.68. The maximum atomic E-state index is 11.5. The molecule has 5 unspecified atom stereocenters. The summed E-state index contributed by atoms with van der Waals surface area (Å²) in [5.74, 6) is 0.997. The minimum atomic E-state index is -0.748. The Kier molecular flexibility index (Phi) is 5.57. The van der Waals surface area contributed by atoms with Gasteiger partial charge in [0.05, 0.1) is 18.3 Å². The fraction of sp³-hybridized carbons (Fsp3) is 0.958. The number of carbonyl (C=O) groups is 1. The molecular formula is C24H40O5. The van der Waals surface area contributed by atoms with Crippen molar-refractivity contribution in [2.45, 2.75) is 96.9 Å².